The van der Waals surface area contributed by atoms with Crippen molar-refractivity contribution in [2.45, 2.75) is 19.0 Å². The van der Waals surface area contributed by atoms with Crippen molar-refractivity contribution in [3.8, 4) is 0 Å². The summed E-state index contributed by atoms with van der Waals surface area (Å²) < 4.78 is 0. The van der Waals surface area contributed by atoms with Crippen molar-refractivity contribution in [2.24, 2.45) is 0 Å². The molecule has 28 heavy (non-hydrogen) atoms. The Morgan fingerprint density at radius 3 is 2.11 bits per heavy atom. The van der Waals surface area contributed by atoms with Crippen LogP contribution in [-0.2, 0) is 11.3 Å². The number of halogens is 1. The van der Waals surface area contributed by atoms with Gasteiger partial charge in [-0.1, -0.05) is 78.3 Å². The van der Waals surface area contributed by atoms with E-state index >= 15 is 0 Å². The van der Waals surface area contributed by atoms with Crippen molar-refractivity contribution in [2.75, 3.05) is 0 Å². The highest BCUT2D eigenvalue weighted by atomic mass is 35.5. The molecule has 1 atom stereocenters. The minimum Gasteiger partial charge on any atom is -0.352 e. The van der Waals surface area contributed by atoms with E-state index in [0.29, 0.717) is 17.1 Å². The van der Waals surface area contributed by atoms with Crippen LogP contribution in [0.2, 0.25) is 5.02 Å². The van der Waals surface area contributed by atoms with Crippen LogP contribution in [-0.4, -0.2) is 11.8 Å². The van der Waals surface area contributed by atoms with Crippen LogP contribution in [0.3, 0.4) is 0 Å². The second-order valence-corrected chi connectivity index (χ2v) is 6.78. The Kier molecular flexibility index (Phi) is 6.82. The fraction of sp³-hybridized carbons (Fsp3) is 0.130. The van der Waals surface area contributed by atoms with Crippen molar-refractivity contribution in [1.82, 2.24) is 10.6 Å². The van der Waals surface area contributed by atoms with Crippen molar-refractivity contribution >= 4 is 23.4 Å². The third kappa shape index (κ3) is 5.44. The molecule has 0 radical (unpaired) electrons. The summed E-state index contributed by atoms with van der Waals surface area (Å²) in [5.41, 5.74) is 2.28. The number of carbonyl (C=O) groups excluding carboxylic acids is 2. The van der Waals surface area contributed by atoms with Gasteiger partial charge in [0.05, 0.1) is 12.5 Å². The average molecular weight is 393 g/mol. The molecule has 3 aromatic carbocycles. The van der Waals surface area contributed by atoms with Gasteiger partial charge >= 0.3 is 0 Å². The monoisotopic (exact) mass is 392 g/mol. The lowest BCUT2D eigenvalue weighted by molar-refractivity contribution is -0.121. The molecular weight excluding hydrogens is 372 g/mol. The minimum absolute atomic E-state index is 0.132. The highest BCUT2D eigenvalue weighted by Gasteiger charge is 2.19. The second-order valence-electron chi connectivity index (χ2n) is 6.38. The molecular formula is C23H21ClN2O2. The Bertz CT molecular complexity index is 930. The predicted molar refractivity (Wildman–Crippen MR) is 111 cm³/mol. The summed E-state index contributed by atoms with van der Waals surface area (Å²) in [4.78, 5) is 25.1. The first kappa shape index (κ1) is 19.6. The maximum Gasteiger partial charge on any atom is 0.251 e. The molecule has 142 valence electrons. The molecule has 0 unspecified atom stereocenters. The van der Waals surface area contributed by atoms with Gasteiger partial charge in [0.2, 0.25) is 5.91 Å². The lowest BCUT2D eigenvalue weighted by atomic mass is 10.0. The standard InChI is InChI=1S/C23H21ClN2O2/c24-20-14-8-7-13-19(20)16-25-22(27)15-21(17-9-3-1-4-10-17)26-23(28)18-11-5-2-6-12-18/h1-14,21H,15-16H2,(H,25,27)(H,26,28)/t21-/m1/s1. The molecule has 0 saturated carbocycles. The van der Waals surface area contributed by atoms with Crippen LogP contribution in [0.15, 0.2) is 84.9 Å². The molecule has 4 nitrogen and oxygen atoms in total. The molecule has 0 aliphatic rings. The fourth-order valence-corrected chi connectivity index (χ4v) is 3.06. The van der Waals surface area contributed by atoms with Crippen LogP contribution in [0.1, 0.15) is 33.9 Å². The Balaban J connectivity index is 1.68. The van der Waals surface area contributed by atoms with Crippen molar-refractivity contribution in [1.29, 1.82) is 0 Å². The number of rotatable bonds is 7. The first-order valence-corrected chi connectivity index (χ1v) is 9.42. The topological polar surface area (TPSA) is 58.2 Å². The molecule has 0 aromatic heterocycles. The molecule has 5 heteroatoms. The summed E-state index contributed by atoms with van der Waals surface area (Å²) in [6, 6.07) is 25.4. The maximum absolute atomic E-state index is 12.6. The largest absolute Gasteiger partial charge is 0.352 e. The molecule has 3 aromatic rings. The van der Waals surface area contributed by atoms with E-state index in [9.17, 15) is 9.59 Å². The molecule has 0 fully saturated rings. The summed E-state index contributed by atoms with van der Waals surface area (Å²) >= 11 is 6.14. The molecule has 0 spiro atoms. The van der Waals surface area contributed by atoms with Crippen LogP contribution in [0.25, 0.3) is 0 Å². The first-order valence-electron chi connectivity index (χ1n) is 9.04. The van der Waals surface area contributed by atoms with Crippen molar-refractivity contribution < 1.29 is 9.59 Å². The molecule has 0 saturated heterocycles. The molecule has 0 heterocycles. The number of hydrogen-bond donors (Lipinski definition) is 2. The SMILES string of the molecule is O=C(C[C@@H](NC(=O)c1ccccc1)c1ccccc1)NCc1ccccc1Cl. The Morgan fingerprint density at radius 1 is 0.821 bits per heavy atom. The normalized spacial score (nSPS) is 11.5. The first-order chi connectivity index (χ1) is 13.6. The number of carbonyl (C=O) groups is 2. The van der Waals surface area contributed by atoms with Gasteiger partial charge in [-0.05, 0) is 29.3 Å². The number of nitrogens with one attached hydrogen (secondary N) is 2. The lowest BCUT2D eigenvalue weighted by Crippen LogP contribution is -2.33. The van der Waals surface area contributed by atoms with Crippen molar-refractivity contribution in [3.05, 3.63) is 107 Å². The van der Waals surface area contributed by atoms with Crippen LogP contribution < -0.4 is 10.6 Å². The van der Waals surface area contributed by atoms with Gasteiger partial charge in [-0.15, -0.1) is 0 Å². The number of benzene rings is 3. The molecule has 0 bridgehead atoms. The summed E-state index contributed by atoms with van der Waals surface area (Å²) in [5, 5.41) is 6.45. The van der Waals surface area contributed by atoms with Crippen molar-refractivity contribution in [3.63, 3.8) is 0 Å². The third-order valence-electron chi connectivity index (χ3n) is 4.37. The van der Waals surface area contributed by atoms with Gasteiger partial charge in [-0.3, -0.25) is 9.59 Å². The second kappa shape index (κ2) is 9.72. The zero-order chi connectivity index (χ0) is 19.8. The highest BCUT2D eigenvalue weighted by molar-refractivity contribution is 6.31. The van der Waals surface area contributed by atoms with E-state index in [0.717, 1.165) is 11.1 Å². The molecule has 2 N–H and O–H groups in total. The van der Waals surface area contributed by atoms with Gasteiger partial charge in [-0.2, -0.15) is 0 Å². The van der Waals surface area contributed by atoms with E-state index in [1.807, 2.05) is 66.7 Å². The molecule has 3 rings (SSSR count). The van der Waals surface area contributed by atoms with Gasteiger partial charge in [0.1, 0.15) is 0 Å². The van der Waals surface area contributed by atoms with E-state index in [1.165, 1.54) is 0 Å². The quantitative estimate of drug-likeness (QED) is 0.621. The van der Waals surface area contributed by atoms with E-state index in [4.69, 9.17) is 11.6 Å². The van der Waals surface area contributed by atoms with Gasteiger partial charge in [0.25, 0.3) is 5.91 Å². The summed E-state index contributed by atoms with van der Waals surface area (Å²) in [6.07, 6.45) is 0.132. The number of hydrogen-bond acceptors (Lipinski definition) is 2. The Morgan fingerprint density at radius 2 is 1.43 bits per heavy atom. The average Bonchev–Trinajstić information content (AvgIpc) is 2.74. The zero-order valence-corrected chi connectivity index (χ0v) is 16.0. The minimum atomic E-state index is -0.430. The van der Waals surface area contributed by atoms with Crippen LogP contribution in [0.5, 0.6) is 0 Å². The third-order valence-corrected chi connectivity index (χ3v) is 4.74. The number of amides is 2. The van der Waals surface area contributed by atoms with Gasteiger partial charge in [0.15, 0.2) is 0 Å². The van der Waals surface area contributed by atoms with E-state index < -0.39 is 6.04 Å². The predicted octanol–water partition coefficient (Wildman–Crippen LogP) is 4.52. The lowest BCUT2D eigenvalue weighted by Gasteiger charge is -2.19. The Labute approximate surface area is 169 Å². The van der Waals surface area contributed by atoms with Crippen LogP contribution in [0, 0.1) is 0 Å². The summed E-state index contributed by atoms with van der Waals surface area (Å²) in [5.74, 6) is -0.379. The van der Waals surface area contributed by atoms with E-state index in [-0.39, 0.29) is 18.2 Å². The van der Waals surface area contributed by atoms with Gasteiger partial charge in [0, 0.05) is 17.1 Å². The van der Waals surface area contributed by atoms with Crippen LogP contribution in [0.4, 0.5) is 0 Å². The summed E-state index contributed by atoms with van der Waals surface area (Å²) in [6.45, 7) is 0.340. The zero-order valence-electron chi connectivity index (χ0n) is 15.3. The maximum atomic E-state index is 12.6. The van der Waals surface area contributed by atoms with Gasteiger partial charge in [-0.25, -0.2) is 0 Å². The van der Waals surface area contributed by atoms with Crippen LogP contribution >= 0.6 is 11.6 Å². The highest BCUT2D eigenvalue weighted by Crippen LogP contribution is 2.18. The van der Waals surface area contributed by atoms with Gasteiger partial charge < -0.3 is 10.6 Å². The molecule has 0 aliphatic carbocycles. The van der Waals surface area contributed by atoms with E-state index in [2.05, 4.69) is 10.6 Å². The molecule has 0 aliphatic heterocycles. The fourth-order valence-electron chi connectivity index (χ4n) is 2.86. The summed E-state index contributed by atoms with van der Waals surface area (Å²) in [7, 11) is 0. The van der Waals surface area contributed by atoms with E-state index in [1.54, 1.807) is 18.2 Å². The smallest absolute Gasteiger partial charge is 0.251 e. The molecule has 2 amide bonds. The Hall–Kier alpha value is -3.11.